The Morgan fingerprint density at radius 2 is 2.00 bits per heavy atom. The zero-order valence-electron chi connectivity index (χ0n) is 14.1. The smallest absolute Gasteiger partial charge is 0.227 e. The minimum Gasteiger partial charge on any atom is -0.381 e. The van der Waals surface area contributed by atoms with Crippen LogP contribution >= 0.6 is 0 Å². The van der Waals surface area contributed by atoms with Crippen molar-refractivity contribution in [2.75, 3.05) is 25.1 Å². The molecule has 1 fully saturated rings. The maximum Gasteiger partial charge on any atom is 0.227 e. The van der Waals surface area contributed by atoms with Gasteiger partial charge in [0.05, 0.1) is 6.10 Å². The van der Waals surface area contributed by atoms with Crippen molar-refractivity contribution < 1.29 is 4.74 Å². The van der Waals surface area contributed by atoms with Gasteiger partial charge in [0.2, 0.25) is 5.95 Å². The van der Waals surface area contributed by atoms with Gasteiger partial charge in [0, 0.05) is 32.9 Å². The molecule has 6 nitrogen and oxygen atoms in total. The summed E-state index contributed by atoms with van der Waals surface area (Å²) in [6.45, 7) is 7.22. The minimum absolute atomic E-state index is 0.364. The highest BCUT2D eigenvalue weighted by Gasteiger charge is 2.25. The molecule has 0 bridgehead atoms. The number of pyridine rings is 1. The van der Waals surface area contributed by atoms with Gasteiger partial charge in [-0.1, -0.05) is 19.9 Å². The molecule has 3 heterocycles. The maximum atomic E-state index is 5.47. The number of methoxy groups -OCH3 is 1. The molecule has 0 N–H and O–H groups in total. The number of hydrogen-bond acceptors (Lipinski definition) is 5. The first-order valence-corrected chi connectivity index (χ1v) is 8.31. The van der Waals surface area contributed by atoms with Gasteiger partial charge in [0.15, 0.2) is 5.82 Å². The molecule has 6 heteroatoms. The van der Waals surface area contributed by atoms with Gasteiger partial charge < -0.3 is 9.64 Å². The number of nitrogens with zero attached hydrogens (tertiary/aromatic N) is 5. The van der Waals surface area contributed by atoms with Crippen molar-refractivity contribution in [2.45, 2.75) is 39.3 Å². The fourth-order valence-electron chi connectivity index (χ4n) is 3.04. The molecule has 0 atom stereocenters. The minimum atomic E-state index is 0.364. The van der Waals surface area contributed by atoms with E-state index in [9.17, 15) is 0 Å². The van der Waals surface area contributed by atoms with Crippen LogP contribution in [0.1, 0.15) is 26.7 Å². The maximum absolute atomic E-state index is 5.47. The van der Waals surface area contributed by atoms with Gasteiger partial charge in [0.1, 0.15) is 5.69 Å². The Morgan fingerprint density at radius 3 is 2.61 bits per heavy atom. The van der Waals surface area contributed by atoms with Crippen molar-refractivity contribution >= 4 is 5.95 Å². The summed E-state index contributed by atoms with van der Waals surface area (Å²) in [7, 11) is 1.79. The quantitative estimate of drug-likeness (QED) is 0.849. The molecule has 1 aliphatic rings. The van der Waals surface area contributed by atoms with Crippen LogP contribution in [0.5, 0.6) is 0 Å². The molecule has 124 valence electrons. The Morgan fingerprint density at radius 1 is 1.22 bits per heavy atom. The fourth-order valence-corrected chi connectivity index (χ4v) is 3.04. The van der Waals surface area contributed by atoms with E-state index in [2.05, 4.69) is 38.5 Å². The van der Waals surface area contributed by atoms with Gasteiger partial charge in [-0.3, -0.25) is 9.55 Å². The predicted molar refractivity (Wildman–Crippen MR) is 90.3 cm³/mol. The number of rotatable bonds is 5. The van der Waals surface area contributed by atoms with E-state index < -0.39 is 0 Å². The van der Waals surface area contributed by atoms with Crippen molar-refractivity contribution in [3.63, 3.8) is 0 Å². The van der Waals surface area contributed by atoms with Crippen molar-refractivity contribution in [2.24, 2.45) is 5.92 Å². The van der Waals surface area contributed by atoms with Crippen LogP contribution < -0.4 is 4.90 Å². The van der Waals surface area contributed by atoms with E-state index in [0.29, 0.717) is 12.0 Å². The molecular weight excluding hydrogens is 290 g/mol. The third-order valence-corrected chi connectivity index (χ3v) is 4.23. The summed E-state index contributed by atoms with van der Waals surface area (Å²) in [6, 6.07) is 5.89. The molecule has 23 heavy (non-hydrogen) atoms. The second kappa shape index (κ2) is 7.08. The molecule has 0 aromatic carbocycles. The number of ether oxygens (including phenoxy) is 1. The van der Waals surface area contributed by atoms with Crippen LogP contribution in [0.3, 0.4) is 0 Å². The average molecular weight is 315 g/mol. The first-order valence-electron chi connectivity index (χ1n) is 8.31. The SMILES string of the molecule is COC1CCN(c2nnc(-c3ccccn3)n2CC(C)C)CC1. The summed E-state index contributed by atoms with van der Waals surface area (Å²) in [4.78, 5) is 6.76. The van der Waals surface area contributed by atoms with Crippen LogP contribution in [-0.4, -0.2) is 46.1 Å². The summed E-state index contributed by atoms with van der Waals surface area (Å²) in [5, 5.41) is 8.91. The molecule has 2 aromatic heterocycles. The van der Waals surface area contributed by atoms with Crippen LogP contribution in [0.15, 0.2) is 24.4 Å². The second-order valence-corrected chi connectivity index (χ2v) is 6.47. The van der Waals surface area contributed by atoms with Gasteiger partial charge in [-0.15, -0.1) is 10.2 Å². The van der Waals surface area contributed by atoms with Crippen LogP contribution in [0.25, 0.3) is 11.5 Å². The molecule has 0 radical (unpaired) electrons. The molecule has 0 spiro atoms. The van der Waals surface area contributed by atoms with E-state index in [1.165, 1.54) is 0 Å². The highest BCUT2D eigenvalue weighted by atomic mass is 16.5. The molecule has 2 aromatic rings. The third kappa shape index (κ3) is 3.52. The van der Waals surface area contributed by atoms with E-state index in [1.807, 2.05) is 18.2 Å². The largest absolute Gasteiger partial charge is 0.381 e. The third-order valence-electron chi connectivity index (χ3n) is 4.23. The molecule has 1 saturated heterocycles. The van der Waals surface area contributed by atoms with E-state index in [0.717, 1.165) is 49.9 Å². The molecular formula is C17H25N5O. The van der Waals surface area contributed by atoms with Gasteiger partial charge >= 0.3 is 0 Å². The number of anilines is 1. The van der Waals surface area contributed by atoms with Crippen LogP contribution in [0.4, 0.5) is 5.95 Å². The van der Waals surface area contributed by atoms with Crippen molar-refractivity contribution in [3.8, 4) is 11.5 Å². The summed E-state index contributed by atoms with van der Waals surface area (Å²) in [5.74, 6) is 2.32. The van der Waals surface area contributed by atoms with Crippen molar-refractivity contribution in [1.29, 1.82) is 0 Å². The molecule has 0 amide bonds. The van der Waals surface area contributed by atoms with Gasteiger partial charge in [-0.05, 0) is 30.9 Å². The monoisotopic (exact) mass is 315 g/mol. The number of aromatic nitrogens is 4. The lowest BCUT2D eigenvalue weighted by Crippen LogP contribution is -2.38. The number of hydrogen-bond donors (Lipinski definition) is 0. The summed E-state index contributed by atoms with van der Waals surface area (Å²) < 4.78 is 7.67. The van der Waals surface area contributed by atoms with Crippen LogP contribution in [-0.2, 0) is 11.3 Å². The second-order valence-electron chi connectivity index (χ2n) is 6.47. The molecule has 0 unspecified atom stereocenters. The first kappa shape index (κ1) is 15.9. The summed E-state index contributed by atoms with van der Waals surface area (Å²) in [6.07, 6.45) is 4.23. The van der Waals surface area contributed by atoms with E-state index >= 15 is 0 Å². The Labute approximate surface area is 137 Å². The van der Waals surface area contributed by atoms with Gasteiger partial charge in [-0.2, -0.15) is 0 Å². The number of piperidine rings is 1. The molecule has 1 aliphatic heterocycles. The molecule has 0 aliphatic carbocycles. The lowest BCUT2D eigenvalue weighted by molar-refractivity contribution is 0.0815. The van der Waals surface area contributed by atoms with Crippen LogP contribution in [0, 0.1) is 5.92 Å². The van der Waals surface area contributed by atoms with Crippen molar-refractivity contribution in [3.05, 3.63) is 24.4 Å². The lowest BCUT2D eigenvalue weighted by Gasteiger charge is -2.32. The van der Waals surface area contributed by atoms with Crippen LogP contribution in [0.2, 0.25) is 0 Å². The summed E-state index contributed by atoms with van der Waals surface area (Å²) >= 11 is 0. The van der Waals surface area contributed by atoms with E-state index in [1.54, 1.807) is 13.3 Å². The van der Waals surface area contributed by atoms with E-state index in [4.69, 9.17) is 4.74 Å². The van der Waals surface area contributed by atoms with Crippen molar-refractivity contribution in [1.82, 2.24) is 19.7 Å². The lowest BCUT2D eigenvalue weighted by atomic mass is 10.1. The summed E-state index contributed by atoms with van der Waals surface area (Å²) in [5.41, 5.74) is 0.874. The predicted octanol–water partition coefficient (Wildman–Crippen LogP) is 2.61. The Kier molecular flexibility index (Phi) is 4.91. The average Bonchev–Trinajstić information content (AvgIpc) is 2.98. The zero-order valence-corrected chi connectivity index (χ0v) is 14.1. The normalized spacial score (nSPS) is 16.3. The highest BCUT2D eigenvalue weighted by molar-refractivity contribution is 5.52. The zero-order chi connectivity index (χ0) is 16.2. The topological polar surface area (TPSA) is 56.1 Å². The standard InChI is InChI=1S/C17H25N5O/c1-13(2)12-22-16(15-6-4-5-9-18-15)19-20-17(22)21-10-7-14(23-3)8-11-21/h4-6,9,13-14H,7-8,10-12H2,1-3H3. The van der Waals surface area contributed by atoms with E-state index in [-0.39, 0.29) is 0 Å². The molecule has 0 saturated carbocycles. The highest BCUT2D eigenvalue weighted by Crippen LogP contribution is 2.25. The Hall–Kier alpha value is -1.95. The fraction of sp³-hybridized carbons (Fsp3) is 0.588. The van der Waals surface area contributed by atoms with Gasteiger partial charge in [0.25, 0.3) is 0 Å². The molecule has 3 rings (SSSR count). The first-order chi connectivity index (χ1) is 11.2. The Balaban J connectivity index is 1.90. The Bertz CT molecular complexity index is 617. The van der Waals surface area contributed by atoms with Gasteiger partial charge in [-0.25, -0.2) is 0 Å².